The predicted molar refractivity (Wildman–Crippen MR) is 85.1 cm³/mol. The number of hydrogen-bond donors (Lipinski definition) is 1. The number of hydrogen-bond acceptors (Lipinski definition) is 3. The van der Waals surface area contributed by atoms with E-state index in [1.165, 1.54) is 0 Å². The average molecular weight is 308 g/mol. The molecule has 1 fully saturated rings. The molecule has 0 aromatic carbocycles. The summed E-state index contributed by atoms with van der Waals surface area (Å²) in [6.07, 6.45) is 1.87. The largest absolute Gasteiger partial charge is 0.342 e. The minimum Gasteiger partial charge on any atom is -0.342 e. The van der Waals surface area contributed by atoms with E-state index in [9.17, 15) is 9.59 Å². The fraction of sp³-hybridized carbons (Fsp3) is 0.625. The molecule has 21 heavy (non-hydrogen) atoms. The molecule has 2 atom stereocenters. The van der Waals surface area contributed by atoms with E-state index < -0.39 is 6.04 Å². The summed E-state index contributed by atoms with van der Waals surface area (Å²) in [5.41, 5.74) is -0.280. The molecule has 2 rings (SSSR count). The van der Waals surface area contributed by atoms with Crippen molar-refractivity contribution in [3.63, 3.8) is 0 Å². The monoisotopic (exact) mass is 308 g/mol. The van der Waals surface area contributed by atoms with Gasteiger partial charge in [0.1, 0.15) is 12.6 Å². The molecule has 1 N–H and O–H groups in total. The van der Waals surface area contributed by atoms with Gasteiger partial charge in [0.05, 0.1) is 6.04 Å². The van der Waals surface area contributed by atoms with E-state index in [0.29, 0.717) is 0 Å². The maximum atomic E-state index is 12.8. The quantitative estimate of drug-likeness (QED) is 0.929. The Balaban J connectivity index is 2.31. The van der Waals surface area contributed by atoms with Gasteiger partial charge in [0, 0.05) is 4.88 Å². The molecule has 116 valence electrons. The first-order chi connectivity index (χ1) is 9.84. The summed E-state index contributed by atoms with van der Waals surface area (Å²) >= 11 is 1.65. The summed E-state index contributed by atoms with van der Waals surface area (Å²) < 4.78 is 0. The van der Waals surface area contributed by atoms with Crippen LogP contribution < -0.4 is 5.32 Å². The molecule has 0 aliphatic carbocycles. The summed E-state index contributed by atoms with van der Waals surface area (Å²) in [5, 5.41) is 4.87. The van der Waals surface area contributed by atoms with Gasteiger partial charge in [-0.1, -0.05) is 40.2 Å². The predicted octanol–water partition coefficient (Wildman–Crippen LogP) is 2.96. The van der Waals surface area contributed by atoms with E-state index in [0.717, 1.165) is 17.7 Å². The van der Waals surface area contributed by atoms with Crippen LogP contribution in [0.3, 0.4) is 0 Å². The second kappa shape index (κ2) is 6.18. The van der Waals surface area contributed by atoms with E-state index in [1.54, 1.807) is 16.2 Å². The Morgan fingerprint density at radius 1 is 1.43 bits per heavy atom. The van der Waals surface area contributed by atoms with Crippen LogP contribution in [-0.4, -0.2) is 29.3 Å². The van der Waals surface area contributed by atoms with Gasteiger partial charge in [0.15, 0.2) is 0 Å². The van der Waals surface area contributed by atoms with Crippen LogP contribution in [0.25, 0.3) is 0 Å². The topological polar surface area (TPSA) is 49.4 Å². The minimum atomic E-state index is -0.446. The van der Waals surface area contributed by atoms with Gasteiger partial charge < -0.3 is 10.2 Å². The second-order valence-electron chi connectivity index (χ2n) is 6.65. The molecule has 2 amide bonds. The molecule has 4 nitrogen and oxygen atoms in total. The fourth-order valence-electron chi connectivity index (χ4n) is 2.72. The Labute approximate surface area is 130 Å². The Morgan fingerprint density at radius 3 is 2.67 bits per heavy atom. The van der Waals surface area contributed by atoms with Crippen LogP contribution in [0.2, 0.25) is 0 Å². The lowest BCUT2D eigenvalue weighted by Gasteiger charge is -2.42. The van der Waals surface area contributed by atoms with Crippen molar-refractivity contribution in [3.05, 3.63) is 22.4 Å². The standard InChI is InChI=1S/C16H24N2O2S/c1-5-7-11(12-8-6-9-21-12)18-10-13(19)17-14(15(18)20)16(2,3)4/h6,8-9,11,14H,5,7,10H2,1-4H3,(H,17,19). The van der Waals surface area contributed by atoms with Gasteiger partial charge in [0.25, 0.3) is 0 Å². The third-order valence-corrected chi connectivity index (χ3v) is 4.80. The highest BCUT2D eigenvalue weighted by Crippen LogP contribution is 2.33. The van der Waals surface area contributed by atoms with Crippen molar-refractivity contribution < 1.29 is 9.59 Å². The first-order valence-corrected chi connectivity index (χ1v) is 8.35. The minimum absolute atomic E-state index is 0.0124. The molecule has 1 aromatic rings. The summed E-state index contributed by atoms with van der Waals surface area (Å²) in [7, 11) is 0. The van der Waals surface area contributed by atoms with Crippen molar-refractivity contribution in [2.45, 2.75) is 52.6 Å². The van der Waals surface area contributed by atoms with Crippen molar-refractivity contribution in [1.29, 1.82) is 0 Å². The van der Waals surface area contributed by atoms with Crippen LogP contribution in [-0.2, 0) is 9.59 Å². The molecule has 5 heteroatoms. The second-order valence-corrected chi connectivity index (χ2v) is 7.63. The lowest BCUT2D eigenvalue weighted by atomic mass is 9.84. The van der Waals surface area contributed by atoms with E-state index >= 15 is 0 Å². The van der Waals surface area contributed by atoms with Crippen molar-refractivity contribution in [2.75, 3.05) is 6.54 Å². The Hall–Kier alpha value is -1.36. The number of carbonyl (C=O) groups is 2. The highest BCUT2D eigenvalue weighted by Gasteiger charge is 2.42. The molecular formula is C16H24N2O2S. The lowest BCUT2D eigenvalue weighted by molar-refractivity contribution is -0.150. The Bertz CT molecular complexity index is 505. The van der Waals surface area contributed by atoms with Crippen molar-refractivity contribution in [1.82, 2.24) is 10.2 Å². The van der Waals surface area contributed by atoms with Gasteiger partial charge in [-0.15, -0.1) is 11.3 Å². The summed E-state index contributed by atoms with van der Waals surface area (Å²) in [6, 6.07) is 3.62. The van der Waals surface area contributed by atoms with Gasteiger partial charge >= 0.3 is 0 Å². The number of thiophene rings is 1. The van der Waals surface area contributed by atoms with E-state index in [4.69, 9.17) is 0 Å². The van der Waals surface area contributed by atoms with Gasteiger partial charge in [-0.25, -0.2) is 0 Å². The van der Waals surface area contributed by atoms with E-state index in [2.05, 4.69) is 18.3 Å². The van der Waals surface area contributed by atoms with Crippen LogP contribution in [0.5, 0.6) is 0 Å². The summed E-state index contributed by atoms with van der Waals surface area (Å²) in [5.74, 6) is -0.0267. The molecule has 0 radical (unpaired) electrons. The van der Waals surface area contributed by atoms with Crippen LogP contribution in [0.1, 0.15) is 51.5 Å². The van der Waals surface area contributed by atoms with Crippen LogP contribution in [0.4, 0.5) is 0 Å². The van der Waals surface area contributed by atoms with Crippen LogP contribution in [0.15, 0.2) is 17.5 Å². The maximum absolute atomic E-state index is 12.8. The number of nitrogens with one attached hydrogen (secondary N) is 1. The first kappa shape index (κ1) is 16.0. The SMILES string of the molecule is CCCC(c1cccs1)N1CC(=O)NC(C(C)(C)C)C1=O. The normalized spacial score (nSPS) is 21.3. The highest BCUT2D eigenvalue weighted by molar-refractivity contribution is 7.10. The number of carbonyl (C=O) groups excluding carboxylic acids is 2. The van der Waals surface area contributed by atoms with Crippen LogP contribution >= 0.6 is 11.3 Å². The molecule has 0 bridgehead atoms. The molecule has 1 saturated heterocycles. The zero-order valence-corrected chi connectivity index (χ0v) is 14.0. The van der Waals surface area contributed by atoms with E-state index in [1.807, 2.05) is 32.2 Å². The van der Waals surface area contributed by atoms with Gasteiger partial charge in [-0.2, -0.15) is 0 Å². The summed E-state index contributed by atoms with van der Waals surface area (Å²) in [6.45, 7) is 8.22. The first-order valence-electron chi connectivity index (χ1n) is 7.48. The highest BCUT2D eigenvalue weighted by atomic mass is 32.1. The van der Waals surface area contributed by atoms with Gasteiger partial charge in [-0.05, 0) is 23.3 Å². The smallest absolute Gasteiger partial charge is 0.246 e. The maximum Gasteiger partial charge on any atom is 0.246 e. The molecule has 0 saturated carbocycles. The molecule has 0 spiro atoms. The van der Waals surface area contributed by atoms with Crippen molar-refractivity contribution in [3.8, 4) is 0 Å². The number of rotatable bonds is 4. The van der Waals surface area contributed by atoms with Gasteiger partial charge in [0.2, 0.25) is 11.8 Å². The fourth-order valence-corrected chi connectivity index (χ4v) is 3.60. The lowest BCUT2D eigenvalue weighted by Crippen LogP contribution is -2.62. The molecule has 1 aliphatic rings. The summed E-state index contributed by atoms with van der Waals surface area (Å²) in [4.78, 5) is 27.8. The number of nitrogens with zero attached hydrogens (tertiary/aromatic N) is 1. The van der Waals surface area contributed by atoms with Gasteiger partial charge in [-0.3, -0.25) is 9.59 Å². The number of piperazine rings is 1. The van der Waals surface area contributed by atoms with Crippen LogP contribution in [0, 0.1) is 5.41 Å². The molecule has 1 aliphatic heterocycles. The number of amides is 2. The molecule has 2 unspecified atom stereocenters. The van der Waals surface area contributed by atoms with E-state index in [-0.39, 0.29) is 29.8 Å². The molecule has 2 heterocycles. The average Bonchev–Trinajstić information content (AvgIpc) is 2.91. The zero-order valence-electron chi connectivity index (χ0n) is 13.2. The molecular weight excluding hydrogens is 284 g/mol. The third-order valence-electron chi connectivity index (χ3n) is 3.83. The molecule has 1 aromatic heterocycles. The Kier molecular flexibility index (Phi) is 4.71. The van der Waals surface area contributed by atoms with Crippen molar-refractivity contribution >= 4 is 23.2 Å². The zero-order chi connectivity index (χ0) is 15.6. The Morgan fingerprint density at radius 2 is 2.14 bits per heavy atom. The third kappa shape index (κ3) is 3.46. The van der Waals surface area contributed by atoms with Crippen molar-refractivity contribution in [2.24, 2.45) is 5.41 Å².